The molecular formula is C18H28N4O2. The lowest BCUT2D eigenvalue weighted by Gasteiger charge is -2.31. The summed E-state index contributed by atoms with van der Waals surface area (Å²) in [5, 5.41) is 2.86. The molecule has 2 rings (SSSR count). The minimum atomic E-state index is -0.452. The molecule has 0 bridgehead atoms. The number of hydrogen-bond donors (Lipinski definition) is 3. The van der Waals surface area contributed by atoms with Crippen LogP contribution in [0.2, 0.25) is 0 Å². The van der Waals surface area contributed by atoms with Crippen LogP contribution in [0, 0.1) is 5.92 Å². The Hall–Kier alpha value is -1.92. The van der Waals surface area contributed by atoms with Crippen LogP contribution in [0.4, 0.5) is 0 Å². The van der Waals surface area contributed by atoms with Crippen molar-refractivity contribution in [3.8, 4) is 0 Å². The maximum Gasteiger partial charge on any atom is 0.237 e. The monoisotopic (exact) mass is 332 g/mol. The molecule has 6 heteroatoms. The average molecular weight is 332 g/mol. The maximum absolute atomic E-state index is 11.8. The second-order valence-electron chi connectivity index (χ2n) is 6.53. The lowest BCUT2D eigenvalue weighted by atomic mass is 9.97. The van der Waals surface area contributed by atoms with Crippen molar-refractivity contribution in [2.45, 2.75) is 45.3 Å². The molecule has 1 aromatic rings. The van der Waals surface area contributed by atoms with Crippen molar-refractivity contribution in [2.24, 2.45) is 17.4 Å². The highest BCUT2D eigenvalue weighted by Gasteiger charge is 2.23. The third kappa shape index (κ3) is 5.32. The summed E-state index contributed by atoms with van der Waals surface area (Å²) in [5.41, 5.74) is 13.4. The summed E-state index contributed by atoms with van der Waals surface area (Å²) in [5.74, 6) is -0.372. The Bertz CT molecular complexity index is 576. The van der Waals surface area contributed by atoms with Crippen LogP contribution in [0.1, 0.15) is 37.3 Å². The Balaban J connectivity index is 1.90. The van der Waals surface area contributed by atoms with Crippen LogP contribution >= 0.6 is 0 Å². The molecule has 132 valence electrons. The first-order valence-electron chi connectivity index (χ1n) is 8.62. The molecule has 2 amide bonds. The molecule has 1 fully saturated rings. The molecule has 0 saturated carbocycles. The molecule has 1 aromatic carbocycles. The maximum atomic E-state index is 11.8. The van der Waals surface area contributed by atoms with Crippen molar-refractivity contribution in [3.05, 3.63) is 35.4 Å². The van der Waals surface area contributed by atoms with E-state index in [1.165, 1.54) is 5.56 Å². The third-order valence-corrected chi connectivity index (χ3v) is 4.55. The van der Waals surface area contributed by atoms with E-state index in [1.807, 2.05) is 19.1 Å². The summed E-state index contributed by atoms with van der Waals surface area (Å²) in [6.07, 6.45) is 2.51. The number of primary amides is 1. The number of nitrogens with two attached hydrogens (primary N) is 2. The Morgan fingerprint density at radius 1 is 1.38 bits per heavy atom. The van der Waals surface area contributed by atoms with Gasteiger partial charge in [0.2, 0.25) is 11.8 Å². The van der Waals surface area contributed by atoms with E-state index in [-0.39, 0.29) is 17.7 Å². The fourth-order valence-corrected chi connectivity index (χ4v) is 3.03. The van der Waals surface area contributed by atoms with Crippen molar-refractivity contribution in [1.82, 2.24) is 10.2 Å². The number of amides is 2. The molecule has 1 aliphatic heterocycles. The molecule has 6 nitrogen and oxygen atoms in total. The van der Waals surface area contributed by atoms with E-state index in [2.05, 4.69) is 22.3 Å². The van der Waals surface area contributed by atoms with Gasteiger partial charge in [-0.2, -0.15) is 0 Å². The first kappa shape index (κ1) is 18.4. The molecule has 0 spiro atoms. The highest BCUT2D eigenvalue weighted by Crippen LogP contribution is 2.18. The summed E-state index contributed by atoms with van der Waals surface area (Å²) < 4.78 is 0. The Morgan fingerprint density at radius 2 is 2.12 bits per heavy atom. The number of benzene rings is 1. The van der Waals surface area contributed by atoms with Crippen molar-refractivity contribution >= 4 is 11.8 Å². The zero-order valence-corrected chi connectivity index (χ0v) is 14.3. The Kier molecular flexibility index (Phi) is 6.75. The number of hydrogen-bond acceptors (Lipinski definition) is 4. The lowest BCUT2D eigenvalue weighted by Crippen LogP contribution is -2.40. The molecule has 1 unspecified atom stereocenters. The minimum Gasteiger partial charge on any atom is -0.369 e. The zero-order valence-electron chi connectivity index (χ0n) is 14.3. The van der Waals surface area contributed by atoms with Gasteiger partial charge in [0.1, 0.15) is 0 Å². The second-order valence-corrected chi connectivity index (χ2v) is 6.53. The van der Waals surface area contributed by atoms with Crippen molar-refractivity contribution in [2.75, 3.05) is 13.1 Å². The summed E-state index contributed by atoms with van der Waals surface area (Å²) in [7, 11) is 0. The van der Waals surface area contributed by atoms with Gasteiger partial charge in [0.05, 0.1) is 12.0 Å². The van der Waals surface area contributed by atoms with Gasteiger partial charge in [-0.1, -0.05) is 31.2 Å². The van der Waals surface area contributed by atoms with E-state index in [0.717, 1.165) is 38.0 Å². The highest BCUT2D eigenvalue weighted by molar-refractivity contribution is 5.81. The predicted octanol–water partition coefficient (Wildman–Crippen LogP) is 0.737. The molecule has 1 aliphatic rings. The van der Waals surface area contributed by atoms with E-state index in [4.69, 9.17) is 11.5 Å². The molecule has 5 N–H and O–H groups in total. The molecule has 24 heavy (non-hydrogen) atoms. The Labute approximate surface area is 143 Å². The number of carbonyl (C=O) groups is 2. The molecule has 0 aliphatic carbocycles. The SMILES string of the molecule is CC[C@H](N)C(=O)NCc1cccc(CN2CCCC(C(N)=O)C2)c1. The summed E-state index contributed by atoms with van der Waals surface area (Å²) in [4.78, 5) is 25.4. The van der Waals surface area contributed by atoms with Gasteiger partial charge in [-0.15, -0.1) is 0 Å². The van der Waals surface area contributed by atoms with E-state index >= 15 is 0 Å². The zero-order chi connectivity index (χ0) is 17.5. The van der Waals surface area contributed by atoms with Crippen LogP contribution in [0.25, 0.3) is 0 Å². The fourth-order valence-electron chi connectivity index (χ4n) is 3.03. The molecule has 1 heterocycles. The van der Waals surface area contributed by atoms with Crippen molar-refractivity contribution < 1.29 is 9.59 Å². The van der Waals surface area contributed by atoms with Crippen LogP contribution in [0.15, 0.2) is 24.3 Å². The minimum absolute atomic E-state index is 0.0447. The predicted molar refractivity (Wildman–Crippen MR) is 93.8 cm³/mol. The van der Waals surface area contributed by atoms with Gasteiger partial charge in [0.25, 0.3) is 0 Å². The average Bonchev–Trinajstić information content (AvgIpc) is 2.59. The number of likely N-dealkylation sites (tertiary alicyclic amines) is 1. The summed E-state index contributed by atoms with van der Waals surface area (Å²) in [6, 6.07) is 7.69. The van der Waals surface area contributed by atoms with Gasteiger partial charge < -0.3 is 16.8 Å². The number of carbonyl (C=O) groups excluding carboxylic acids is 2. The normalized spacial score (nSPS) is 19.7. The second kappa shape index (κ2) is 8.80. The van der Waals surface area contributed by atoms with Gasteiger partial charge in [0.15, 0.2) is 0 Å². The van der Waals surface area contributed by atoms with Crippen molar-refractivity contribution in [1.29, 1.82) is 0 Å². The van der Waals surface area contributed by atoms with Crippen LogP contribution in [-0.4, -0.2) is 35.8 Å². The van der Waals surface area contributed by atoms with E-state index < -0.39 is 6.04 Å². The number of nitrogens with one attached hydrogen (secondary N) is 1. The van der Waals surface area contributed by atoms with Gasteiger partial charge in [-0.05, 0) is 36.9 Å². The standard InChI is InChI=1S/C18H28N4O2/c1-2-16(19)18(24)21-10-13-5-3-6-14(9-13)11-22-8-4-7-15(12-22)17(20)23/h3,5-6,9,15-16H,2,4,7-8,10-12,19H2,1H3,(H2,20,23)(H,21,24)/t15?,16-/m0/s1. The topological polar surface area (TPSA) is 101 Å². The fraction of sp³-hybridized carbons (Fsp3) is 0.556. The van der Waals surface area contributed by atoms with Crippen LogP contribution in [0.3, 0.4) is 0 Å². The largest absolute Gasteiger partial charge is 0.369 e. The van der Waals surface area contributed by atoms with Crippen LogP contribution < -0.4 is 16.8 Å². The van der Waals surface area contributed by atoms with Gasteiger partial charge in [-0.3, -0.25) is 14.5 Å². The molecule has 1 saturated heterocycles. The van der Waals surface area contributed by atoms with Gasteiger partial charge in [-0.25, -0.2) is 0 Å². The van der Waals surface area contributed by atoms with Crippen LogP contribution in [-0.2, 0) is 22.7 Å². The molecular weight excluding hydrogens is 304 g/mol. The Morgan fingerprint density at radius 3 is 2.83 bits per heavy atom. The summed E-state index contributed by atoms with van der Waals surface area (Å²) >= 11 is 0. The van der Waals surface area contributed by atoms with Gasteiger partial charge >= 0.3 is 0 Å². The van der Waals surface area contributed by atoms with E-state index in [9.17, 15) is 9.59 Å². The van der Waals surface area contributed by atoms with Gasteiger partial charge in [0, 0.05) is 19.6 Å². The number of piperidine rings is 1. The smallest absolute Gasteiger partial charge is 0.237 e. The van der Waals surface area contributed by atoms with Crippen LogP contribution in [0.5, 0.6) is 0 Å². The molecule has 0 aromatic heterocycles. The number of nitrogens with zero attached hydrogens (tertiary/aromatic N) is 1. The first-order chi connectivity index (χ1) is 11.5. The first-order valence-corrected chi connectivity index (χ1v) is 8.62. The third-order valence-electron chi connectivity index (χ3n) is 4.55. The van der Waals surface area contributed by atoms with E-state index in [1.54, 1.807) is 0 Å². The van der Waals surface area contributed by atoms with E-state index in [0.29, 0.717) is 13.0 Å². The molecule has 2 atom stereocenters. The van der Waals surface area contributed by atoms with Crippen molar-refractivity contribution in [3.63, 3.8) is 0 Å². The lowest BCUT2D eigenvalue weighted by molar-refractivity contribution is -0.123. The number of rotatable bonds is 7. The molecule has 0 radical (unpaired) electrons. The summed E-state index contributed by atoms with van der Waals surface area (Å²) in [6.45, 7) is 4.87. The quantitative estimate of drug-likeness (QED) is 0.685. The highest BCUT2D eigenvalue weighted by atomic mass is 16.2.